The number of anilines is 1. The second-order valence-corrected chi connectivity index (χ2v) is 9.16. The number of methoxy groups -OCH3 is 1. The van der Waals surface area contributed by atoms with E-state index in [4.69, 9.17) is 14.7 Å². The van der Waals surface area contributed by atoms with Crippen LogP contribution < -0.4 is 10.1 Å². The molecular formula is C27H25N5OS. The van der Waals surface area contributed by atoms with Gasteiger partial charge < -0.3 is 10.1 Å². The molecule has 4 heterocycles. The molecule has 0 unspecified atom stereocenters. The lowest BCUT2D eigenvalue weighted by molar-refractivity contribution is 0.416. The molecule has 0 fully saturated rings. The third kappa shape index (κ3) is 4.47. The topological polar surface area (TPSA) is 72.8 Å². The van der Waals surface area contributed by atoms with E-state index < -0.39 is 0 Å². The quantitative estimate of drug-likeness (QED) is 0.275. The highest BCUT2D eigenvalue weighted by Gasteiger charge is 2.21. The van der Waals surface area contributed by atoms with E-state index in [0.29, 0.717) is 5.82 Å². The smallest absolute Gasteiger partial charge is 0.162 e. The van der Waals surface area contributed by atoms with Gasteiger partial charge >= 0.3 is 0 Å². The van der Waals surface area contributed by atoms with Crippen LogP contribution in [0.25, 0.3) is 32.7 Å². The van der Waals surface area contributed by atoms with Crippen LogP contribution in [-0.4, -0.2) is 33.6 Å². The number of pyridine rings is 2. The molecule has 4 aromatic heterocycles. The second kappa shape index (κ2) is 9.97. The van der Waals surface area contributed by atoms with E-state index in [1.54, 1.807) is 37.0 Å². The molecule has 5 aromatic rings. The summed E-state index contributed by atoms with van der Waals surface area (Å²) in [4.78, 5) is 19.6. The van der Waals surface area contributed by atoms with Crippen molar-refractivity contribution in [2.24, 2.45) is 0 Å². The Morgan fingerprint density at radius 1 is 0.941 bits per heavy atom. The zero-order valence-electron chi connectivity index (χ0n) is 19.2. The number of aryl methyl sites for hydroxylation is 2. The Hall–Kier alpha value is -3.84. The Bertz CT molecular complexity index is 1400. The molecule has 0 saturated heterocycles. The molecule has 0 spiro atoms. The van der Waals surface area contributed by atoms with Gasteiger partial charge in [-0.15, -0.1) is 11.3 Å². The van der Waals surface area contributed by atoms with Crippen LogP contribution in [0, 0.1) is 6.92 Å². The molecule has 170 valence electrons. The van der Waals surface area contributed by atoms with E-state index in [2.05, 4.69) is 46.5 Å². The third-order valence-corrected chi connectivity index (χ3v) is 6.80. The standard InChI is InChI=1S/C27H25N5OS/c1-18-23(21-17-29-16-12-22(21)33-2)24-25(34-18)27(30-13-6-9-19-7-4-3-5-8-19)32-26(31-24)20-10-14-28-15-11-20/h3-5,7-8,10-12,14-17H,6,9,13H2,1-2H3,(H,30,31,32). The highest BCUT2D eigenvalue weighted by Crippen LogP contribution is 2.43. The van der Waals surface area contributed by atoms with E-state index in [9.17, 15) is 0 Å². The van der Waals surface area contributed by atoms with Crippen LogP contribution in [-0.2, 0) is 6.42 Å². The number of benzene rings is 1. The summed E-state index contributed by atoms with van der Waals surface area (Å²) >= 11 is 1.69. The Kier molecular flexibility index (Phi) is 6.44. The van der Waals surface area contributed by atoms with Gasteiger partial charge in [-0.25, -0.2) is 9.97 Å². The summed E-state index contributed by atoms with van der Waals surface area (Å²) in [5.74, 6) is 2.30. The number of thiophene rings is 1. The van der Waals surface area contributed by atoms with Gasteiger partial charge in [0.1, 0.15) is 11.6 Å². The van der Waals surface area contributed by atoms with Gasteiger partial charge in [0.2, 0.25) is 0 Å². The molecule has 0 saturated carbocycles. The van der Waals surface area contributed by atoms with Crippen LogP contribution in [0.2, 0.25) is 0 Å². The molecule has 7 heteroatoms. The molecule has 0 aliphatic carbocycles. The summed E-state index contributed by atoms with van der Waals surface area (Å²) in [6.07, 6.45) is 9.13. The van der Waals surface area contributed by atoms with Crippen LogP contribution in [0.15, 0.2) is 73.3 Å². The summed E-state index contributed by atoms with van der Waals surface area (Å²) < 4.78 is 6.67. The normalized spacial score (nSPS) is 11.0. The van der Waals surface area contributed by atoms with Gasteiger partial charge in [0.15, 0.2) is 5.82 Å². The molecule has 34 heavy (non-hydrogen) atoms. The maximum absolute atomic E-state index is 5.64. The monoisotopic (exact) mass is 467 g/mol. The highest BCUT2D eigenvalue weighted by atomic mass is 32.1. The molecular weight excluding hydrogens is 442 g/mol. The average Bonchev–Trinajstić information content (AvgIpc) is 3.23. The van der Waals surface area contributed by atoms with E-state index in [1.165, 1.54) is 5.56 Å². The van der Waals surface area contributed by atoms with Crippen molar-refractivity contribution in [3.63, 3.8) is 0 Å². The number of ether oxygens (including phenoxy) is 1. The van der Waals surface area contributed by atoms with Crippen LogP contribution in [0.1, 0.15) is 16.9 Å². The van der Waals surface area contributed by atoms with E-state index in [0.717, 1.165) is 62.7 Å². The van der Waals surface area contributed by atoms with Gasteiger partial charge in [0.25, 0.3) is 0 Å². The van der Waals surface area contributed by atoms with E-state index in [1.807, 2.05) is 30.5 Å². The minimum atomic E-state index is 0.669. The first-order valence-electron chi connectivity index (χ1n) is 11.2. The largest absolute Gasteiger partial charge is 0.496 e. The molecule has 0 atom stereocenters. The Labute approximate surface area is 202 Å². The fourth-order valence-electron chi connectivity index (χ4n) is 4.05. The average molecular weight is 468 g/mol. The second-order valence-electron chi connectivity index (χ2n) is 7.93. The molecule has 0 amide bonds. The lowest BCUT2D eigenvalue weighted by Gasteiger charge is -2.11. The van der Waals surface area contributed by atoms with Crippen LogP contribution in [0.4, 0.5) is 5.82 Å². The van der Waals surface area contributed by atoms with Crippen LogP contribution >= 0.6 is 11.3 Å². The fourth-order valence-corrected chi connectivity index (χ4v) is 5.12. The molecule has 1 aromatic carbocycles. The summed E-state index contributed by atoms with van der Waals surface area (Å²) in [5.41, 5.74) is 5.14. The van der Waals surface area contributed by atoms with Crippen molar-refractivity contribution in [2.75, 3.05) is 19.0 Å². The number of nitrogens with zero attached hydrogens (tertiary/aromatic N) is 4. The minimum absolute atomic E-state index is 0.669. The zero-order chi connectivity index (χ0) is 23.3. The predicted octanol–water partition coefficient (Wildman–Crippen LogP) is 6.18. The number of aromatic nitrogens is 4. The van der Waals surface area contributed by atoms with Crippen LogP contribution in [0.3, 0.4) is 0 Å². The summed E-state index contributed by atoms with van der Waals surface area (Å²) in [5, 5.41) is 3.59. The van der Waals surface area contributed by atoms with Crippen molar-refractivity contribution < 1.29 is 4.74 Å². The number of hydrogen-bond acceptors (Lipinski definition) is 7. The molecule has 0 aliphatic heterocycles. The number of fused-ring (bicyclic) bond motifs is 1. The number of rotatable bonds is 8. The van der Waals surface area contributed by atoms with Gasteiger partial charge in [0.05, 0.1) is 17.3 Å². The Morgan fingerprint density at radius 2 is 1.74 bits per heavy atom. The van der Waals surface area contributed by atoms with Gasteiger partial charge in [-0.3, -0.25) is 9.97 Å². The van der Waals surface area contributed by atoms with Crippen molar-refractivity contribution in [2.45, 2.75) is 19.8 Å². The Balaban J connectivity index is 1.55. The lowest BCUT2D eigenvalue weighted by atomic mass is 10.1. The highest BCUT2D eigenvalue weighted by molar-refractivity contribution is 7.20. The number of hydrogen-bond donors (Lipinski definition) is 1. The molecule has 0 radical (unpaired) electrons. The van der Waals surface area contributed by atoms with Gasteiger partial charge in [-0.2, -0.15) is 0 Å². The van der Waals surface area contributed by atoms with E-state index >= 15 is 0 Å². The number of nitrogens with one attached hydrogen (secondary N) is 1. The molecule has 0 aliphatic rings. The van der Waals surface area contributed by atoms with Gasteiger partial charge in [0, 0.05) is 52.9 Å². The van der Waals surface area contributed by atoms with Gasteiger partial charge in [-0.1, -0.05) is 30.3 Å². The Morgan fingerprint density at radius 3 is 2.53 bits per heavy atom. The van der Waals surface area contributed by atoms with E-state index in [-0.39, 0.29) is 0 Å². The van der Waals surface area contributed by atoms with Crippen LogP contribution in [0.5, 0.6) is 5.75 Å². The summed E-state index contributed by atoms with van der Waals surface area (Å²) in [6.45, 7) is 2.93. The third-order valence-electron chi connectivity index (χ3n) is 5.70. The minimum Gasteiger partial charge on any atom is -0.496 e. The first kappa shape index (κ1) is 22.0. The summed E-state index contributed by atoms with van der Waals surface area (Å²) in [7, 11) is 1.68. The fraction of sp³-hybridized carbons (Fsp3) is 0.185. The predicted molar refractivity (Wildman–Crippen MR) is 138 cm³/mol. The molecule has 6 nitrogen and oxygen atoms in total. The van der Waals surface area contributed by atoms with Gasteiger partial charge in [-0.05, 0) is 43.5 Å². The first-order valence-corrected chi connectivity index (χ1v) is 12.0. The summed E-state index contributed by atoms with van der Waals surface area (Å²) in [6, 6.07) is 16.3. The zero-order valence-corrected chi connectivity index (χ0v) is 20.0. The SMILES string of the molecule is COc1ccncc1-c1c(C)sc2c(NCCCc3ccccc3)nc(-c3ccncc3)nc12. The maximum atomic E-state index is 5.64. The lowest BCUT2D eigenvalue weighted by Crippen LogP contribution is -2.06. The maximum Gasteiger partial charge on any atom is 0.162 e. The van der Waals surface area contributed by atoms with Crippen molar-refractivity contribution in [1.82, 2.24) is 19.9 Å². The van der Waals surface area contributed by atoms with Crippen molar-refractivity contribution >= 4 is 27.4 Å². The van der Waals surface area contributed by atoms with Crippen molar-refractivity contribution in [1.29, 1.82) is 0 Å². The first-order chi connectivity index (χ1) is 16.7. The molecule has 5 rings (SSSR count). The molecule has 0 bridgehead atoms. The van der Waals surface area contributed by atoms with Crippen molar-refractivity contribution in [3.8, 4) is 28.3 Å². The van der Waals surface area contributed by atoms with Crippen molar-refractivity contribution in [3.05, 3.63) is 83.8 Å². The molecule has 1 N–H and O–H groups in total.